The zero-order valence-electron chi connectivity index (χ0n) is 11.0. The van der Waals surface area contributed by atoms with E-state index in [2.05, 4.69) is 0 Å². The fraction of sp³-hybridized carbons (Fsp3) is 0.400. The summed E-state index contributed by atoms with van der Waals surface area (Å²) in [5.74, 6) is -1.43. The van der Waals surface area contributed by atoms with Crippen LogP contribution in [0.1, 0.15) is 0 Å². The minimum Gasteiger partial charge on any atom is -0.398 e. The van der Waals surface area contributed by atoms with Crippen LogP contribution in [0.3, 0.4) is 0 Å². The van der Waals surface area contributed by atoms with E-state index in [-0.39, 0.29) is 12.2 Å². The van der Waals surface area contributed by atoms with Gasteiger partial charge in [0.1, 0.15) is 10.7 Å². The molecule has 0 radical (unpaired) electrons. The van der Waals surface area contributed by atoms with Gasteiger partial charge < -0.3 is 5.73 Å². The summed E-state index contributed by atoms with van der Waals surface area (Å²) in [6, 6.07) is 3.48. The van der Waals surface area contributed by atoms with Gasteiger partial charge >= 0.3 is 0 Å². The second-order valence-corrected chi connectivity index (χ2v) is 8.16. The van der Waals surface area contributed by atoms with Crippen LogP contribution in [-0.4, -0.2) is 47.5 Å². The Labute approximate surface area is 117 Å². The molecule has 1 rings (SSSR count). The molecule has 0 spiro atoms. The second-order valence-electron chi connectivity index (χ2n) is 4.15. The van der Waals surface area contributed by atoms with Gasteiger partial charge in [-0.1, -0.05) is 6.07 Å². The van der Waals surface area contributed by atoms with Crippen molar-refractivity contribution in [2.45, 2.75) is 4.90 Å². The highest BCUT2D eigenvalue weighted by molar-refractivity contribution is 7.90. The number of hydrogen-bond acceptors (Lipinski definition) is 5. The molecule has 1 aromatic carbocycles. The number of sulfonamides is 2. The summed E-state index contributed by atoms with van der Waals surface area (Å²) in [4.78, 5) is -0.678. The largest absolute Gasteiger partial charge is 0.398 e. The van der Waals surface area contributed by atoms with Crippen molar-refractivity contribution in [1.29, 1.82) is 0 Å². The fourth-order valence-corrected chi connectivity index (χ4v) is 3.44. The lowest BCUT2D eigenvalue weighted by Crippen LogP contribution is -2.34. The van der Waals surface area contributed by atoms with E-state index in [1.165, 1.54) is 26.2 Å². The molecule has 0 fully saturated rings. The van der Waals surface area contributed by atoms with Crippen molar-refractivity contribution in [3.05, 3.63) is 24.0 Å². The molecule has 0 saturated heterocycles. The van der Waals surface area contributed by atoms with Crippen molar-refractivity contribution >= 4 is 25.7 Å². The Bertz CT molecular complexity index is 666. The molecule has 0 saturated carbocycles. The maximum absolute atomic E-state index is 13.5. The van der Waals surface area contributed by atoms with Crippen LogP contribution < -0.4 is 10.5 Å². The van der Waals surface area contributed by atoms with Crippen LogP contribution >= 0.6 is 0 Å². The van der Waals surface area contributed by atoms with Crippen molar-refractivity contribution in [3.63, 3.8) is 0 Å². The van der Waals surface area contributed by atoms with Crippen LogP contribution in [0.2, 0.25) is 0 Å². The number of nitrogens with zero attached hydrogens (tertiary/aromatic N) is 1. The molecule has 20 heavy (non-hydrogen) atoms. The van der Waals surface area contributed by atoms with Gasteiger partial charge in [0.15, 0.2) is 0 Å². The van der Waals surface area contributed by atoms with E-state index >= 15 is 0 Å². The second kappa shape index (κ2) is 6.04. The van der Waals surface area contributed by atoms with Crippen LogP contribution in [0.5, 0.6) is 0 Å². The van der Waals surface area contributed by atoms with Gasteiger partial charge in [0.2, 0.25) is 20.0 Å². The smallest absolute Gasteiger partial charge is 0.245 e. The standard InChI is InChI=1S/C10H16FN3O4S2/c1-14(2)19(15,16)7-6-13-20(17,18)10-8(11)4-3-5-9(10)12/h3-5,13H,6-7,12H2,1-2H3. The molecule has 114 valence electrons. The van der Waals surface area contributed by atoms with Crippen LogP contribution in [0.15, 0.2) is 23.1 Å². The zero-order valence-corrected chi connectivity index (χ0v) is 12.6. The molecule has 0 aliphatic rings. The van der Waals surface area contributed by atoms with Crippen molar-refractivity contribution < 1.29 is 21.2 Å². The SMILES string of the molecule is CN(C)S(=O)(=O)CCNS(=O)(=O)c1c(N)cccc1F. The third-order valence-corrected chi connectivity index (χ3v) is 5.86. The minimum atomic E-state index is -4.20. The number of benzene rings is 1. The first-order chi connectivity index (χ1) is 9.08. The lowest BCUT2D eigenvalue weighted by atomic mass is 10.3. The van der Waals surface area contributed by atoms with E-state index in [0.717, 1.165) is 10.4 Å². The van der Waals surface area contributed by atoms with E-state index in [9.17, 15) is 21.2 Å². The Morgan fingerprint density at radius 1 is 1.25 bits per heavy atom. The molecule has 0 aliphatic heterocycles. The number of nitrogens with two attached hydrogens (primary N) is 1. The van der Waals surface area contributed by atoms with Crippen molar-refractivity contribution in [2.75, 3.05) is 32.1 Å². The fourth-order valence-electron chi connectivity index (χ4n) is 1.37. The number of nitrogens with one attached hydrogen (secondary N) is 1. The van der Waals surface area contributed by atoms with Gasteiger partial charge in [-0.2, -0.15) is 0 Å². The third kappa shape index (κ3) is 3.88. The summed E-state index contributed by atoms with van der Waals surface area (Å²) in [7, 11) is -5.08. The van der Waals surface area contributed by atoms with E-state index in [4.69, 9.17) is 5.73 Å². The maximum Gasteiger partial charge on any atom is 0.245 e. The molecular formula is C10H16FN3O4S2. The molecule has 10 heteroatoms. The number of nitrogen functional groups attached to an aromatic ring is 1. The van der Waals surface area contributed by atoms with Crippen LogP contribution in [-0.2, 0) is 20.0 Å². The van der Waals surface area contributed by atoms with Crippen LogP contribution in [0.25, 0.3) is 0 Å². The van der Waals surface area contributed by atoms with E-state index in [1.807, 2.05) is 4.72 Å². The van der Waals surface area contributed by atoms with Gasteiger partial charge in [0, 0.05) is 20.6 Å². The lowest BCUT2D eigenvalue weighted by molar-refractivity contribution is 0.519. The first kappa shape index (κ1) is 16.8. The molecule has 0 heterocycles. The van der Waals surface area contributed by atoms with E-state index in [0.29, 0.717) is 0 Å². The van der Waals surface area contributed by atoms with Gasteiger partial charge in [0.05, 0.1) is 11.4 Å². The highest BCUT2D eigenvalue weighted by atomic mass is 32.2. The third-order valence-electron chi connectivity index (χ3n) is 2.47. The van der Waals surface area contributed by atoms with Gasteiger partial charge in [-0.05, 0) is 12.1 Å². The molecule has 3 N–H and O–H groups in total. The molecule has 0 amide bonds. The minimum absolute atomic E-state index is 0.243. The summed E-state index contributed by atoms with van der Waals surface area (Å²) in [5, 5.41) is 0. The van der Waals surface area contributed by atoms with Crippen molar-refractivity contribution in [2.24, 2.45) is 0 Å². The van der Waals surface area contributed by atoms with Gasteiger partial charge in [-0.25, -0.2) is 30.3 Å². The predicted octanol–water partition coefficient (Wildman–Crippen LogP) is -0.422. The summed E-state index contributed by atoms with van der Waals surface area (Å²) >= 11 is 0. The molecule has 0 aliphatic carbocycles. The van der Waals surface area contributed by atoms with E-state index < -0.39 is 36.5 Å². The zero-order chi connectivity index (χ0) is 15.6. The Kier molecular flexibility index (Phi) is 5.08. The van der Waals surface area contributed by atoms with Crippen molar-refractivity contribution in [1.82, 2.24) is 9.03 Å². The molecule has 0 atom stereocenters. The number of halogens is 1. The average Bonchev–Trinajstić information content (AvgIpc) is 2.27. The van der Waals surface area contributed by atoms with Crippen LogP contribution in [0.4, 0.5) is 10.1 Å². The Balaban J connectivity index is 2.88. The molecule has 0 bridgehead atoms. The first-order valence-corrected chi connectivity index (χ1v) is 8.61. The molecule has 1 aromatic rings. The molecule has 0 aromatic heterocycles. The summed E-state index contributed by atoms with van der Waals surface area (Å²) in [6.07, 6.45) is 0. The highest BCUT2D eigenvalue weighted by Gasteiger charge is 2.23. The number of hydrogen-bond donors (Lipinski definition) is 2. The van der Waals surface area contributed by atoms with Crippen LogP contribution in [0, 0.1) is 5.82 Å². The van der Waals surface area contributed by atoms with Gasteiger partial charge in [0.25, 0.3) is 0 Å². The lowest BCUT2D eigenvalue weighted by Gasteiger charge is -2.12. The van der Waals surface area contributed by atoms with Gasteiger partial charge in [-0.3, -0.25) is 0 Å². The normalized spacial score (nSPS) is 12.8. The summed E-state index contributed by atoms with van der Waals surface area (Å²) in [5.41, 5.74) is 5.18. The van der Waals surface area contributed by atoms with E-state index in [1.54, 1.807) is 0 Å². The number of rotatable bonds is 6. The quantitative estimate of drug-likeness (QED) is 0.690. The maximum atomic E-state index is 13.5. The summed E-state index contributed by atoms with van der Waals surface area (Å²) < 4.78 is 63.2. The molecule has 7 nitrogen and oxygen atoms in total. The van der Waals surface area contributed by atoms with Gasteiger partial charge in [-0.15, -0.1) is 0 Å². The Morgan fingerprint density at radius 3 is 2.35 bits per heavy atom. The Morgan fingerprint density at radius 2 is 1.85 bits per heavy atom. The number of anilines is 1. The molecular weight excluding hydrogens is 309 g/mol. The Hall–Kier alpha value is -1.23. The first-order valence-electron chi connectivity index (χ1n) is 5.52. The summed E-state index contributed by atoms with van der Waals surface area (Å²) in [6.45, 7) is -0.378. The monoisotopic (exact) mass is 325 g/mol. The highest BCUT2D eigenvalue weighted by Crippen LogP contribution is 2.21. The average molecular weight is 325 g/mol. The topological polar surface area (TPSA) is 110 Å². The predicted molar refractivity (Wildman–Crippen MR) is 73.5 cm³/mol. The van der Waals surface area contributed by atoms with Crippen molar-refractivity contribution in [3.8, 4) is 0 Å². The molecule has 0 unspecified atom stereocenters.